The van der Waals surface area contributed by atoms with Crippen molar-refractivity contribution in [3.8, 4) is 0 Å². The lowest BCUT2D eigenvalue weighted by Crippen LogP contribution is -2.05. The van der Waals surface area contributed by atoms with Crippen LogP contribution in [-0.4, -0.2) is 0 Å². The van der Waals surface area contributed by atoms with Crippen molar-refractivity contribution in [3.05, 3.63) is 34.9 Å². The molecule has 0 heterocycles. The molecule has 2 aliphatic rings. The van der Waals surface area contributed by atoms with Crippen LogP contribution in [0, 0.1) is 17.8 Å². The molecule has 0 nitrogen and oxygen atoms in total. The second-order valence-corrected chi connectivity index (χ2v) is 5.85. The summed E-state index contributed by atoms with van der Waals surface area (Å²) in [5.74, 6) is 2.70. The molecule has 2 fully saturated rings. The van der Waals surface area contributed by atoms with E-state index in [4.69, 9.17) is 23.2 Å². The minimum Gasteiger partial charge on any atom is -0.118 e. The normalized spacial score (nSPS) is 34.9. The molecular weight excluding hydrogens is 227 g/mol. The van der Waals surface area contributed by atoms with Crippen LogP contribution in [-0.2, 0) is 0 Å². The molecule has 0 spiro atoms. The van der Waals surface area contributed by atoms with E-state index < -0.39 is 0 Å². The first kappa shape index (κ1) is 9.99. The average Bonchev–Trinajstić information content (AvgIpc) is 2.86. The Morgan fingerprint density at radius 1 is 1.00 bits per heavy atom. The summed E-state index contributed by atoms with van der Waals surface area (Å²) in [7, 11) is 0. The van der Waals surface area contributed by atoms with Gasteiger partial charge in [-0.1, -0.05) is 23.7 Å². The van der Waals surface area contributed by atoms with Gasteiger partial charge in [-0.15, -0.1) is 11.6 Å². The van der Waals surface area contributed by atoms with Crippen LogP contribution in [0.5, 0.6) is 0 Å². The van der Waals surface area contributed by atoms with Crippen molar-refractivity contribution in [1.82, 2.24) is 0 Å². The molecular formula is C13H14Cl2. The van der Waals surface area contributed by atoms with E-state index in [9.17, 15) is 0 Å². The first-order valence-electron chi connectivity index (χ1n) is 5.63. The van der Waals surface area contributed by atoms with Crippen LogP contribution in [0.1, 0.15) is 30.2 Å². The van der Waals surface area contributed by atoms with Crippen LogP contribution in [0.3, 0.4) is 0 Å². The van der Waals surface area contributed by atoms with Crippen molar-refractivity contribution >= 4 is 23.2 Å². The van der Waals surface area contributed by atoms with Gasteiger partial charge in [-0.25, -0.2) is 0 Å². The molecule has 3 unspecified atom stereocenters. The van der Waals surface area contributed by atoms with Crippen molar-refractivity contribution in [1.29, 1.82) is 0 Å². The van der Waals surface area contributed by atoms with E-state index >= 15 is 0 Å². The predicted octanol–water partition coefficient (Wildman–Crippen LogP) is 4.67. The fourth-order valence-electron chi connectivity index (χ4n) is 2.92. The van der Waals surface area contributed by atoms with Gasteiger partial charge in [0.2, 0.25) is 0 Å². The summed E-state index contributed by atoms with van der Waals surface area (Å²) in [6.45, 7) is 0. The SMILES string of the molecule is Clc1ccc(C(Cl)C2CC3CC3C2)cc1. The molecule has 15 heavy (non-hydrogen) atoms. The number of fused-ring (bicyclic) bond motifs is 1. The molecule has 2 aliphatic carbocycles. The Morgan fingerprint density at radius 2 is 1.60 bits per heavy atom. The molecule has 0 aliphatic heterocycles. The molecule has 2 saturated carbocycles. The van der Waals surface area contributed by atoms with Gasteiger partial charge in [0.15, 0.2) is 0 Å². The van der Waals surface area contributed by atoms with Crippen LogP contribution < -0.4 is 0 Å². The van der Waals surface area contributed by atoms with E-state index in [2.05, 4.69) is 12.1 Å². The zero-order valence-corrected chi connectivity index (χ0v) is 10.0. The van der Waals surface area contributed by atoms with Crippen LogP contribution in [0.15, 0.2) is 24.3 Å². The molecule has 0 radical (unpaired) electrons. The van der Waals surface area contributed by atoms with E-state index in [0.29, 0.717) is 5.92 Å². The minimum absolute atomic E-state index is 0.190. The quantitative estimate of drug-likeness (QED) is 0.660. The summed E-state index contributed by atoms with van der Waals surface area (Å²) in [4.78, 5) is 0. The Labute approximate surface area is 101 Å². The van der Waals surface area contributed by atoms with E-state index in [-0.39, 0.29) is 5.38 Å². The number of benzene rings is 1. The van der Waals surface area contributed by atoms with Gasteiger partial charge in [0, 0.05) is 5.02 Å². The number of halogens is 2. The molecule has 0 aromatic heterocycles. The van der Waals surface area contributed by atoms with Crippen molar-refractivity contribution < 1.29 is 0 Å². The number of hydrogen-bond acceptors (Lipinski definition) is 0. The summed E-state index contributed by atoms with van der Waals surface area (Å²) in [5.41, 5.74) is 1.23. The van der Waals surface area contributed by atoms with E-state index in [0.717, 1.165) is 16.9 Å². The predicted molar refractivity (Wildman–Crippen MR) is 64.4 cm³/mol. The Balaban J connectivity index is 1.73. The van der Waals surface area contributed by atoms with Gasteiger partial charge < -0.3 is 0 Å². The van der Waals surface area contributed by atoms with Gasteiger partial charge in [0.05, 0.1) is 5.38 Å². The highest BCUT2D eigenvalue weighted by atomic mass is 35.5. The molecule has 0 N–H and O–H groups in total. The maximum absolute atomic E-state index is 6.51. The summed E-state index contributed by atoms with van der Waals surface area (Å²) in [5, 5.41) is 0.979. The van der Waals surface area contributed by atoms with Gasteiger partial charge in [0.25, 0.3) is 0 Å². The lowest BCUT2D eigenvalue weighted by molar-refractivity contribution is 0.471. The van der Waals surface area contributed by atoms with Gasteiger partial charge in [0.1, 0.15) is 0 Å². The van der Waals surface area contributed by atoms with Gasteiger partial charge >= 0.3 is 0 Å². The lowest BCUT2D eigenvalue weighted by atomic mass is 9.94. The largest absolute Gasteiger partial charge is 0.118 e. The summed E-state index contributed by atoms with van der Waals surface area (Å²) in [6.07, 6.45) is 4.13. The monoisotopic (exact) mass is 240 g/mol. The second kappa shape index (κ2) is 3.68. The molecule has 3 rings (SSSR count). The number of hydrogen-bond donors (Lipinski definition) is 0. The Hall–Kier alpha value is -0.200. The van der Waals surface area contributed by atoms with Crippen molar-refractivity contribution in [2.45, 2.75) is 24.6 Å². The number of rotatable bonds is 2. The Morgan fingerprint density at radius 3 is 2.20 bits per heavy atom. The van der Waals surface area contributed by atoms with E-state index in [1.54, 1.807) is 0 Å². The van der Waals surface area contributed by atoms with Crippen molar-refractivity contribution in [2.75, 3.05) is 0 Å². The van der Waals surface area contributed by atoms with Gasteiger partial charge in [-0.2, -0.15) is 0 Å². The third kappa shape index (κ3) is 1.90. The lowest BCUT2D eigenvalue weighted by Gasteiger charge is -2.18. The maximum Gasteiger partial charge on any atom is 0.0613 e. The van der Waals surface area contributed by atoms with Crippen LogP contribution in [0.25, 0.3) is 0 Å². The zero-order chi connectivity index (χ0) is 10.4. The van der Waals surface area contributed by atoms with E-state index in [1.165, 1.54) is 24.8 Å². The molecule has 3 atom stereocenters. The molecule has 0 amide bonds. The third-order valence-corrected chi connectivity index (χ3v) is 4.74. The van der Waals surface area contributed by atoms with Crippen LogP contribution in [0.4, 0.5) is 0 Å². The van der Waals surface area contributed by atoms with Crippen molar-refractivity contribution in [2.24, 2.45) is 17.8 Å². The first-order valence-corrected chi connectivity index (χ1v) is 6.45. The molecule has 80 valence electrons. The van der Waals surface area contributed by atoms with Gasteiger partial charge in [-0.3, -0.25) is 0 Å². The smallest absolute Gasteiger partial charge is 0.0613 e. The molecule has 0 bridgehead atoms. The highest BCUT2D eigenvalue weighted by Gasteiger charge is 2.47. The zero-order valence-electron chi connectivity index (χ0n) is 8.50. The summed E-state index contributed by atoms with van der Waals surface area (Å²) < 4.78 is 0. The fourth-order valence-corrected chi connectivity index (χ4v) is 3.40. The second-order valence-electron chi connectivity index (χ2n) is 4.94. The standard InChI is InChI=1S/C13H14Cl2/c14-12-3-1-8(2-4-12)13(15)11-6-9-5-10(9)7-11/h1-4,9-11,13H,5-7H2. The molecule has 1 aromatic rings. The molecule has 1 aromatic carbocycles. The topological polar surface area (TPSA) is 0 Å². The minimum atomic E-state index is 0.190. The molecule has 0 saturated heterocycles. The average molecular weight is 241 g/mol. The van der Waals surface area contributed by atoms with E-state index in [1.807, 2.05) is 12.1 Å². The maximum atomic E-state index is 6.51. The number of alkyl halides is 1. The Kier molecular flexibility index (Phi) is 2.45. The summed E-state index contributed by atoms with van der Waals surface area (Å²) in [6, 6.07) is 7.98. The third-order valence-electron chi connectivity index (χ3n) is 3.88. The van der Waals surface area contributed by atoms with Crippen molar-refractivity contribution in [3.63, 3.8) is 0 Å². The highest BCUT2D eigenvalue weighted by Crippen LogP contribution is 2.58. The summed E-state index contributed by atoms with van der Waals surface area (Å²) >= 11 is 12.4. The molecule has 2 heteroatoms. The fraction of sp³-hybridized carbons (Fsp3) is 0.538. The van der Waals surface area contributed by atoms with Crippen LogP contribution in [0.2, 0.25) is 5.02 Å². The highest BCUT2D eigenvalue weighted by molar-refractivity contribution is 6.30. The Bertz CT molecular complexity index is 347. The van der Waals surface area contributed by atoms with Gasteiger partial charge in [-0.05, 0) is 54.7 Å². The first-order chi connectivity index (χ1) is 7.24. The van der Waals surface area contributed by atoms with Crippen LogP contribution >= 0.6 is 23.2 Å².